The molecule has 0 bridgehead atoms. The fourth-order valence-electron chi connectivity index (χ4n) is 2.08. The highest BCUT2D eigenvalue weighted by Gasteiger charge is 2.15. The first-order valence-corrected chi connectivity index (χ1v) is 7.02. The van der Waals surface area contributed by atoms with Crippen LogP contribution in [0, 0.1) is 6.92 Å². The summed E-state index contributed by atoms with van der Waals surface area (Å²) in [6.45, 7) is 7.01. The second kappa shape index (κ2) is 6.57. The second-order valence-electron chi connectivity index (χ2n) is 5.33. The standard InChI is InChI=1S/C16H23N3O/c1-12(2)17-11-15(14-8-6-5-7-9-14)20-16-10-13(3)18-19(16)4/h5-10,12,15,17H,11H2,1-4H3. The van der Waals surface area contributed by atoms with E-state index in [1.54, 1.807) is 4.68 Å². The third kappa shape index (κ3) is 3.84. The van der Waals surface area contributed by atoms with Crippen molar-refractivity contribution in [2.45, 2.75) is 32.9 Å². The van der Waals surface area contributed by atoms with E-state index < -0.39 is 0 Å². The number of nitrogens with zero attached hydrogens (tertiary/aromatic N) is 2. The minimum absolute atomic E-state index is 0.0200. The molecule has 4 nitrogen and oxygen atoms in total. The lowest BCUT2D eigenvalue weighted by Crippen LogP contribution is -2.30. The summed E-state index contributed by atoms with van der Waals surface area (Å²) in [6, 6.07) is 12.7. The van der Waals surface area contributed by atoms with Crippen molar-refractivity contribution in [1.29, 1.82) is 0 Å². The predicted octanol–water partition coefficient (Wildman–Crippen LogP) is 2.85. The minimum atomic E-state index is -0.0200. The van der Waals surface area contributed by atoms with Crippen molar-refractivity contribution in [2.24, 2.45) is 7.05 Å². The largest absolute Gasteiger partial charge is 0.468 e. The van der Waals surface area contributed by atoms with E-state index in [1.807, 2.05) is 38.2 Å². The zero-order valence-corrected chi connectivity index (χ0v) is 12.6. The maximum atomic E-state index is 6.14. The molecule has 1 unspecified atom stereocenters. The third-order valence-corrected chi connectivity index (χ3v) is 3.10. The van der Waals surface area contributed by atoms with Gasteiger partial charge in [-0.05, 0) is 12.5 Å². The lowest BCUT2D eigenvalue weighted by atomic mass is 10.1. The molecule has 20 heavy (non-hydrogen) atoms. The Morgan fingerprint density at radius 1 is 1.25 bits per heavy atom. The average molecular weight is 273 g/mol. The van der Waals surface area contributed by atoms with Crippen LogP contribution < -0.4 is 10.1 Å². The topological polar surface area (TPSA) is 39.1 Å². The lowest BCUT2D eigenvalue weighted by Gasteiger charge is -2.21. The Kier molecular flexibility index (Phi) is 4.79. The van der Waals surface area contributed by atoms with Crippen LogP contribution in [0.2, 0.25) is 0 Å². The van der Waals surface area contributed by atoms with Gasteiger partial charge in [-0.3, -0.25) is 0 Å². The summed E-state index contributed by atoms with van der Waals surface area (Å²) in [4.78, 5) is 0. The Morgan fingerprint density at radius 2 is 1.95 bits per heavy atom. The Labute approximate surface area is 120 Å². The fraction of sp³-hybridized carbons (Fsp3) is 0.438. The van der Waals surface area contributed by atoms with Crippen LogP contribution in [0.4, 0.5) is 0 Å². The maximum Gasteiger partial charge on any atom is 0.212 e. The van der Waals surface area contributed by atoms with E-state index in [0.29, 0.717) is 6.04 Å². The third-order valence-electron chi connectivity index (χ3n) is 3.10. The monoisotopic (exact) mass is 273 g/mol. The average Bonchev–Trinajstić information content (AvgIpc) is 2.73. The molecule has 0 saturated carbocycles. The molecule has 0 radical (unpaired) electrons. The number of hydrogen-bond donors (Lipinski definition) is 1. The van der Waals surface area contributed by atoms with Gasteiger partial charge in [0.15, 0.2) is 0 Å². The predicted molar refractivity (Wildman–Crippen MR) is 80.9 cm³/mol. The fourth-order valence-corrected chi connectivity index (χ4v) is 2.08. The van der Waals surface area contributed by atoms with E-state index in [2.05, 4.69) is 36.4 Å². The van der Waals surface area contributed by atoms with Gasteiger partial charge in [-0.15, -0.1) is 0 Å². The molecule has 0 aliphatic heterocycles. The molecule has 0 aliphatic rings. The van der Waals surface area contributed by atoms with Gasteiger partial charge in [0.05, 0.1) is 5.69 Å². The highest BCUT2D eigenvalue weighted by atomic mass is 16.5. The molecule has 0 saturated heterocycles. The van der Waals surface area contributed by atoms with Gasteiger partial charge < -0.3 is 10.1 Å². The highest BCUT2D eigenvalue weighted by molar-refractivity contribution is 5.21. The summed E-state index contributed by atoms with van der Waals surface area (Å²) in [6.07, 6.45) is -0.0200. The van der Waals surface area contributed by atoms with Crippen molar-refractivity contribution in [3.63, 3.8) is 0 Å². The number of benzene rings is 1. The Balaban J connectivity index is 2.16. The Morgan fingerprint density at radius 3 is 2.50 bits per heavy atom. The first kappa shape index (κ1) is 14.6. The number of hydrogen-bond acceptors (Lipinski definition) is 3. The zero-order chi connectivity index (χ0) is 14.5. The first-order chi connectivity index (χ1) is 9.56. The molecule has 0 spiro atoms. The second-order valence-corrected chi connectivity index (χ2v) is 5.33. The molecule has 0 fully saturated rings. The van der Waals surface area contributed by atoms with Crippen LogP contribution in [0.3, 0.4) is 0 Å². The van der Waals surface area contributed by atoms with Crippen LogP contribution in [0.1, 0.15) is 31.2 Å². The molecular formula is C16H23N3O. The van der Waals surface area contributed by atoms with E-state index in [9.17, 15) is 0 Å². The van der Waals surface area contributed by atoms with Crippen LogP contribution in [0.5, 0.6) is 5.88 Å². The van der Waals surface area contributed by atoms with Crippen LogP contribution in [-0.2, 0) is 7.05 Å². The van der Waals surface area contributed by atoms with E-state index in [4.69, 9.17) is 4.74 Å². The number of nitrogens with one attached hydrogen (secondary N) is 1. The summed E-state index contributed by atoms with van der Waals surface area (Å²) in [7, 11) is 1.90. The van der Waals surface area contributed by atoms with E-state index in [-0.39, 0.29) is 6.10 Å². The molecule has 1 N–H and O–H groups in total. The first-order valence-electron chi connectivity index (χ1n) is 7.02. The van der Waals surface area contributed by atoms with Gasteiger partial charge in [0.2, 0.25) is 5.88 Å². The van der Waals surface area contributed by atoms with Gasteiger partial charge in [-0.25, -0.2) is 4.68 Å². The van der Waals surface area contributed by atoms with Crippen molar-refractivity contribution in [2.75, 3.05) is 6.54 Å². The van der Waals surface area contributed by atoms with Gasteiger partial charge >= 0.3 is 0 Å². The van der Waals surface area contributed by atoms with Gasteiger partial charge in [0, 0.05) is 25.7 Å². The summed E-state index contributed by atoms with van der Waals surface area (Å²) in [5, 5.41) is 7.76. The number of rotatable bonds is 6. The van der Waals surface area contributed by atoms with Crippen LogP contribution in [0.15, 0.2) is 36.4 Å². The molecular weight excluding hydrogens is 250 g/mol. The number of ether oxygens (including phenoxy) is 1. The number of aryl methyl sites for hydroxylation is 2. The lowest BCUT2D eigenvalue weighted by molar-refractivity contribution is 0.181. The molecule has 108 valence electrons. The van der Waals surface area contributed by atoms with Crippen LogP contribution in [0.25, 0.3) is 0 Å². The summed E-state index contributed by atoms with van der Waals surface area (Å²) < 4.78 is 7.92. The summed E-state index contributed by atoms with van der Waals surface area (Å²) in [5.41, 5.74) is 2.13. The molecule has 0 aliphatic carbocycles. The van der Waals surface area contributed by atoms with Crippen molar-refractivity contribution in [3.8, 4) is 5.88 Å². The minimum Gasteiger partial charge on any atom is -0.468 e. The summed E-state index contributed by atoms with van der Waals surface area (Å²) >= 11 is 0. The van der Waals surface area contributed by atoms with Crippen molar-refractivity contribution in [1.82, 2.24) is 15.1 Å². The molecule has 1 aromatic carbocycles. The van der Waals surface area contributed by atoms with E-state index in [0.717, 1.165) is 18.1 Å². The molecule has 4 heteroatoms. The van der Waals surface area contributed by atoms with Crippen molar-refractivity contribution in [3.05, 3.63) is 47.7 Å². The summed E-state index contributed by atoms with van der Waals surface area (Å²) in [5.74, 6) is 0.793. The Bertz CT molecular complexity index is 534. The molecule has 2 rings (SSSR count). The highest BCUT2D eigenvalue weighted by Crippen LogP contribution is 2.22. The van der Waals surface area contributed by atoms with Gasteiger partial charge in [-0.2, -0.15) is 5.10 Å². The maximum absolute atomic E-state index is 6.14. The van der Waals surface area contributed by atoms with Gasteiger partial charge in [0.1, 0.15) is 6.10 Å². The van der Waals surface area contributed by atoms with Crippen LogP contribution >= 0.6 is 0 Å². The molecule has 0 amide bonds. The molecule has 2 aromatic rings. The van der Waals surface area contributed by atoms with E-state index in [1.165, 1.54) is 5.56 Å². The van der Waals surface area contributed by atoms with E-state index >= 15 is 0 Å². The smallest absolute Gasteiger partial charge is 0.212 e. The van der Waals surface area contributed by atoms with Gasteiger partial charge in [0.25, 0.3) is 0 Å². The van der Waals surface area contributed by atoms with Crippen molar-refractivity contribution >= 4 is 0 Å². The van der Waals surface area contributed by atoms with Crippen LogP contribution in [-0.4, -0.2) is 22.4 Å². The Hall–Kier alpha value is -1.81. The SMILES string of the molecule is Cc1cc(OC(CNC(C)C)c2ccccc2)n(C)n1. The molecule has 1 heterocycles. The number of aromatic nitrogens is 2. The van der Waals surface area contributed by atoms with Crippen molar-refractivity contribution < 1.29 is 4.74 Å². The molecule has 1 atom stereocenters. The normalized spacial score (nSPS) is 12.7. The quantitative estimate of drug-likeness (QED) is 0.879. The molecule has 1 aromatic heterocycles. The van der Waals surface area contributed by atoms with Gasteiger partial charge in [-0.1, -0.05) is 44.2 Å². The zero-order valence-electron chi connectivity index (χ0n) is 12.6.